The molecule has 0 aliphatic carbocycles. The van der Waals surface area contributed by atoms with Gasteiger partial charge in [-0.1, -0.05) is 59.4 Å². The van der Waals surface area contributed by atoms with Crippen LogP contribution in [0.4, 0.5) is 5.00 Å². The van der Waals surface area contributed by atoms with Gasteiger partial charge >= 0.3 is 5.97 Å². The minimum Gasteiger partial charge on any atom is -0.462 e. The third kappa shape index (κ3) is 5.94. The number of aromatic nitrogens is 1. The van der Waals surface area contributed by atoms with Crippen molar-refractivity contribution in [1.82, 2.24) is 4.98 Å². The molecule has 0 fully saturated rings. The number of ether oxygens (including phenoxy) is 1. The number of esters is 1. The lowest BCUT2D eigenvalue weighted by molar-refractivity contribution is 0.0526. The number of rotatable bonds is 8. The molecule has 0 unspecified atom stereocenters. The van der Waals surface area contributed by atoms with Gasteiger partial charge in [0.2, 0.25) is 0 Å². The van der Waals surface area contributed by atoms with Crippen molar-refractivity contribution >= 4 is 51.2 Å². The molecule has 5 rings (SSSR count). The maximum absolute atomic E-state index is 12.8. The molecule has 0 saturated carbocycles. The van der Waals surface area contributed by atoms with Gasteiger partial charge in [0, 0.05) is 17.2 Å². The van der Waals surface area contributed by atoms with E-state index in [1.807, 2.05) is 42.6 Å². The second-order valence-corrected chi connectivity index (χ2v) is 10.6. The molecule has 0 bridgehead atoms. The second-order valence-electron chi connectivity index (χ2n) is 8.66. The molecule has 40 heavy (non-hydrogen) atoms. The smallest absolute Gasteiger partial charge is 0.338 e. The van der Waals surface area contributed by atoms with Gasteiger partial charge in [0.05, 0.1) is 22.6 Å². The molecule has 0 aliphatic rings. The number of amides is 1. The van der Waals surface area contributed by atoms with E-state index in [1.54, 1.807) is 55.5 Å². The highest BCUT2D eigenvalue weighted by Crippen LogP contribution is 2.37. The lowest BCUT2D eigenvalue weighted by atomic mass is 10.1. The number of aryl methyl sites for hydroxylation is 1. The highest BCUT2D eigenvalue weighted by atomic mass is 32.1. The summed E-state index contributed by atoms with van der Waals surface area (Å²) >= 11 is 2.58. The molecule has 3 aromatic heterocycles. The van der Waals surface area contributed by atoms with Crippen LogP contribution in [0, 0.1) is 18.3 Å². The van der Waals surface area contributed by atoms with Crippen LogP contribution in [-0.2, 0) is 4.74 Å². The Kier molecular flexibility index (Phi) is 8.01. The predicted octanol–water partition coefficient (Wildman–Crippen LogP) is 7.93. The molecule has 0 saturated heterocycles. The summed E-state index contributed by atoms with van der Waals surface area (Å²) in [6, 6.07) is 24.1. The van der Waals surface area contributed by atoms with E-state index in [2.05, 4.69) is 11.4 Å². The summed E-state index contributed by atoms with van der Waals surface area (Å²) in [6.45, 7) is 4.07. The number of allylic oxidation sites excluding steroid dienone is 1. The lowest BCUT2D eigenvalue weighted by Crippen LogP contribution is -2.09. The number of thiophene rings is 1. The van der Waals surface area contributed by atoms with Crippen molar-refractivity contribution in [3.8, 4) is 28.7 Å². The number of nitrogens with one attached hydrogen (secondary N) is 1. The molecule has 0 spiro atoms. The Morgan fingerprint density at radius 2 is 1.80 bits per heavy atom. The van der Waals surface area contributed by atoms with Crippen molar-refractivity contribution in [2.45, 2.75) is 13.8 Å². The van der Waals surface area contributed by atoms with E-state index in [-0.39, 0.29) is 11.9 Å². The number of anilines is 1. The Bertz CT molecular complexity index is 1720. The second kappa shape index (κ2) is 11.9. The fraction of sp³-hybridized carbons (Fsp3) is 0.0968. The number of thiazole rings is 1. The van der Waals surface area contributed by atoms with Gasteiger partial charge in [-0.3, -0.25) is 4.79 Å². The average Bonchev–Trinajstić information content (AvgIpc) is 3.74. The van der Waals surface area contributed by atoms with Crippen LogP contribution >= 0.6 is 22.7 Å². The minimum atomic E-state index is -0.379. The quantitative estimate of drug-likeness (QED) is 0.151. The maximum Gasteiger partial charge on any atom is 0.338 e. The van der Waals surface area contributed by atoms with Crippen LogP contribution in [0.2, 0.25) is 0 Å². The van der Waals surface area contributed by atoms with Gasteiger partial charge in [-0.2, -0.15) is 5.26 Å². The number of carbonyl (C=O) groups is 2. The van der Waals surface area contributed by atoms with Gasteiger partial charge in [0.25, 0.3) is 5.91 Å². The summed E-state index contributed by atoms with van der Waals surface area (Å²) in [7, 11) is 0. The van der Waals surface area contributed by atoms with Gasteiger partial charge in [0.1, 0.15) is 33.3 Å². The van der Waals surface area contributed by atoms with Crippen molar-refractivity contribution in [2.75, 3.05) is 11.9 Å². The molecule has 1 amide bonds. The zero-order valence-corrected chi connectivity index (χ0v) is 23.3. The van der Waals surface area contributed by atoms with E-state index in [0.29, 0.717) is 49.8 Å². The summed E-state index contributed by atoms with van der Waals surface area (Å²) in [5, 5.41) is 15.8. The Labute approximate surface area is 239 Å². The van der Waals surface area contributed by atoms with Crippen LogP contribution < -0.4 is 5.32 Å². The Morgan fingerprint density at radius 1 is 1.05 bits per heavy atom. The van der Waals surface area contributed by atoms with Gasteiger partial charge in [-0.15, -0.1) is 11.3 Å². The molecule has 0 radical (unpaired) electrons. The van der Waals surface area contributed by atoms with E-state index < -0.39 is 0 Å². The van der Waals surface area contributed by atoms with E-state index in [9.17, 15) is 14.9 Å². The first-order valence-electron chi connectivity index (χ1n) is 12.4. The van der Waals surface area contributed by atoms with Crippen LogP contribution in [0.5, 0.6) is 0 Å². The zero-order chi connectivity index (χ0) is 28.1. The molecular formula is C31H23N3O4S2. The van der Waals surface area contributed by atoms with Crippen molar-refractivity contribution < 1.29 is 18.7 Å². The summed E-state index contributed by atoms with van der Waals surface area (Å²) in [5.41, 5.74) is 4.06. The first kappa shape index (κ1) is 26.8. The third-order valence-electron chi connectivity index (χ3n) is 5.87. The largest absolute Gasteiger partial charge is 0.462 e. The van der Waals surface area contributed by atoms with Crippen LogP contribution in [0.3, 0.4) is 0 Å². The number of nitrogens with zero attached hydrogens (tertiary/aromatic N) is 2. The van der Waals surface area contributed by atoms with Crippen molar-refractivity contribution in [3.05, 3.63) is 105 Å². The monoisotopic (exact) mass is 565 g/mol. The molecule has 5 aromatic rings. The number of hydrogen-bond donors (Lipinski definition) is 1. The van der Waals surface area contributed by atoms with Crippen molar-refractivity contribution in [3.63, 3.8) is 0 Å². The molecule has 0 atom stereocenters. The standard InChI is InChI=1S/C31H23N3O4S2/c1-3-37-31(36)22-12-10-20(11-13-22)25-15-14-24(38-25)17-23(18-32)29-33-27(21-8-6-19(2)7-9-21)30(40-29)34-28(35)26-5-4-16-39-26/h4-17H,3H2,1-2H3,(H,34,35). The Morgan fingerprint density at radius 3 is 2.48 bits per heavy atom. The fourth-order valence-electron chi connectivity index (χ4n) is 3.85. The summed E-state index contributed by atoms with van der Waals surface area (Å²) in [5.74, 6) is 0.445. The van der Waals surface area contributed by atoms with Gasteiger partial charge < -0.3 is 14.5 Å². The minimum absolute atomic E-state index is 0.231. The molecule has 198 valence electrons. The first-order valence-corrected chi connectivity index (χ1v) is 14.1. The molecule has 7 nitrogen and oxygen atoms in total. The normalized spacial score (nSPS) is 11.2. The molecule has 9 heteroatoms. The van der Waals surface area contributed by atoms with Crippen LogP contribution in [0.25, 0.3) is 34.2 Å². The first-order chi connectivity index (χ1) is 19.4. The zero-order valence-electron chi connectivity index (χ0n) is 21.6. The number of hydrogen-bond acceptors (Lipinski definition) is 8. The maximum atomic E-state index is 12.8. The van der Waals surface area contributed by atoms with E-state index in [1.165, 1.54) is 22.7 Å². The van der Waals surface area contributed by atoms with Crippen LogP contribution in [-0.4, -0.2) is 23.5 Å². The Balaban J connectivity index is 1.45. The van der Waals surface area contributed by atoms with Crippen LogP contribution in [0.1, 0.15) is 43.3 Å². The molecule has 1 N–H and O–H groups in total. The highest BCUT2D eigenvalue weighted by molar-refractivity contribution is 7.18. The molecule has 3 heterocycles. The molecule has 2 aromatic carbocycles. The number of carbonyl (C=O) groups excluding carboxylic acids is 2. The van der Waals surface area contributed by atoms with Crippen molar-refractivity contribution in [1.29, 1.82) is 5.26 Å². The van der Waals surface area contributed by atoms with Gasteiger partial charge in [-0.05, 0) is 49.6 Å². The van der Waals surface area contributed by atoms with Gasteiger partial charge in [0.15, 0.2) is 0 Å². The number of furan rings is 1. The van der Waals surface area contributed by atoms with E-state index in [4.69, 9.17) is 14.1 Å². The van der Waals surface area contributed by atoms with Crippen molar-refractivity contribution in [2.24, 2.45) is 0 Å². The number of benzene rings is 2. The number of nitriles is 1. The predicted molar refractivity (Wildman–Crippen MR) is 158 cm³/mol. The van der Waals surface area contributed by atoms with Crippen LogP contribution in [0.15, 0.2) is 82.6 Å². The lowest BCUT2D eigenvalue weighted by Gasteiger charge is -2.04. The Hall–Kier alpha value is -4.78. The van der Waals surface area contributed by atoms with E-state index >= 15 is 0 Å². The molecular weight excluding hydrogens is 542 g/mol. The average molecular weight is 566 g/mol. The highest BCUT2D eigenvalue weighted by Gasteiger charge is 2.19. The van der Waals surface area contributed by atoms with E-state index in [0.717, 1.165) is 16.7 Å². The van der Waals surface area contributed by atoms with Gasteiger partial charge in [-0.25, -0.2) is 9.78 Å². The SMILES string of the molecule is CCOC(=O)c1ccc(-c2ccc(C=C(C#N)c3nc(-c4ccc(C)cc4)c(NC(=O)c4cccs4)s3)o2)cc1. The topological polar surface area (TPSA) is 105 Å². The summed E-state index contributed by atoms with van der Waals surface area (Å²) in [6.07, 6.45) is 1.62. The molecule has 0 aliphatic heterocycles. The summed E-state index contributed by atoms with van der Waals surface area (Å²) in [4.78, 5) is 30.1. The fourth-order valence-corrected chi connectivity index (χ4v) is 5.42. The third-order valence-corrected chi connectivity index (χ3v) is 7.74. The summed E-state index contributed by atoms with van der Waals surface area (Å²) < 4.78 is 11.0.